The van der Waals surface area contributed by atoms with E-state index in [2.05, 4.69) is 5.32 Å². The molecule has 0 aliphatic carbocycles. The Labute approximate surface area is 173 Å². The van der Waals surface area contributed by atoms with Gasteiger partial charge in [-0.05, 0) is 56.1 Å². The number of aryl methyl sites for hydroxylation is 2. The Morgan fingerprint density at radius 1 is 1.10 bits per heavy atom. The monoisotopic (exact) mass is 418 g/mol. The molecule has 0 unspecified atom stereocenters. The minimum absolute atomic E-state index is 0.0285. The van der Waals surface area contributed by atoms with Crippen LogP contribution in [0.2, 0.25) is 0 Å². The van der Waals surface area contributed by atoms with E-state index < -0.39 is 9.84 Å². The van der Waals surface area contributed by atoms with E-state index >= 15 is 0 Å². The van der Waals surface area contributed by atoms with Crippen LogP contribution in [0, 0.1) is 13.8 Å². The molecule has 0 radical (unpaired) electrons. The van der Waals surface area contributed by atoms with Crippen molar-refractivity contribution in [2.45, 2.75) is 32.1 Å². The minimum atomic E-state index is -3.43. The van der Waals surface area contributed by atoms with Crippen molar-refractivity contribution >= 4 is 21.4 Å². The van der Waals surface area contributed by atoms with Crippen LogP contribution in [0.5, 0.6) is 5.75 Å². The van der Waals surface area contributed by atoms with E-state index in [1.54, 1.807) is 32.2 Å². The predicted molar refractivity (Wildman–Crippen MR) is 116 cm³/mol. The van der Waals surface area contributed by atoms with Crippen LogP contribution < -0.4 is 10.1 Å². The minimum Gasteiger partial charge on any atom is -0.495 e. The predicted octanol–water partition coefficient (Wildman–Crippen LogP) is 3.44. The van der Waals surface area contributed by atoms with Crippen LogP contribution in [0.25, 0.3) is 0 Å². The van der Waals surface area contributed by atoms with Gasteiger partial charge in [-0.1, -0.05) is 31.2 Å². The lowest BCUT2D eigenvalue weighted by Crippen LogP contribution is -2.37. The largest absolute Gasteiger partial charge is 0.495 e. The quantitative estimate of drug-likeness (QED) is 0.640. The van der Waals surface area contributed by atoms with Gasteiger partial charge in [-0.3, -0.25) is 9.69 Å². The topological polar surface area (TPSA) is 75.7 Å². The van der Waals surface area contributed by atoms with Crippen molar-refractivity contribution in [1.82, 2.24) is 4.90 Å². The zero-order valence-corrected chi connectivity index (χ0v) is 18.4. The fraction of sp³-hybridized carbons (Fsp3) is 0.409. The number of rotatable bonds is 10. The molecule has 29 heavy (non-hydrogen) atoms. The number of hydrogen-bond acceptors (Lipinski definition) is 5. The molecule has 0 aromatic heterocycles. The van der Waals surface area contributed by atoms with Crippen molar-refractivity contribution in [3.63, 3.8) is 0 Å². The highest BCUT2D eigenvalue weighted by Gasteiger charge is 2.20. The van der Waals surface area contributed by atoms with Crippen molar-refractivity contribution in [2.24, 2.45) is 0 Å². The van der Waals surface area contributed by atoms with Crippen LogP contribution in [0.4, 0.5) is 5.69 Å². The van der Waals surface area contributed by atoms with Gasteiger partial charge in [0, 0.05) is 6.54 Å². The van der Waals surface area contributed by atoms with Crippen molar-refractivity contribution in [2.75, 3.05) is 37.8 Å². The highest BCUT2D eigenvalue weighted by atomic mass is 32.2. The Morgan fingerprint density at radius 3 is 2.52 bits per heavy atom. The second-order valence-corrected chi connectivity index (χ2v) is 9.19. The molecule has 0 spiro atoms. The number of para-hydroxylation sites is 2. The molecule has 2 aromatic rings. The normalized spacial score (nSPS) is 11.5. The Kier molecular flexibility index (Phi) is 8.22. The molecule has 0 atom stereocenters. The number of nitrogens with zero attached hydrogens (tertiary/aromatic N) is 1. The van der Waals surface area contributed by atoms with E-state index in [9.17, 15) is 13.2 Å². The molecule has 0 saturated carbocycles. The van der Waals surface area contributed by atoms with Gasteiger partial charge in [-0.15, -0.1) is 0 Å². The molecule has 0 aliphatic heterocycles. The highest BCUT2D eigenvalue weighted by molar-refractivity contribution is 7.91. The summed E-state index contributed by atoms with van der Waals surface area (Å²) in [4.78, 5) is 14.7. The molecule has 0 saturated heterocycles. The summed E-state index contributed by atoms with van der Waals surface area (Å²) in [5, 5.41) is 2.84. The maximum absolute atomic E-state index is 12.8. The smallest absolute Gasteiger partial charge is 0.238 e. The second kappa shape index (κ2) is 10.4. The van der Waals surface area contributed by atoms with Gasteiger partial charge in [0.15, 0.2) is 9.84 Å². The lowest BCUT2D eigenvalue weighted by molar-refractivity contribution is -0.117. The first-order valence-electron chi connectivity index (χ1n) is 9.72. The summed E-state index contributed by atoms with van der Waals surface area (Å²) in [6, 6.07) is 12.6. The van der Waals surface area contributed by atoms with Gasteiger partial charge in [0.2, 0.25) is 5.91 Å². The maximum atomic E-state index is 12.8. The number of carbonyl (C=O) groups excluding carboxylic acids is 1. The number of carbonyl (C=O) groups is 1. The molecular formula is C22H30N2O4S. The number of anilines is 1. The van der Waals surface area contributed by atoms with E-state index in [-0.39, 0.29) is 18.2 Å². The molecule has 158 valence electrons. The number of benzene rings is 2. The van der Waals surface area contributed by atoms with Gasteiger partial charge < -0.3 is 10.1 Å². The Bertz CT molecular complexity index is 942. The van der Waals surface area contributed by atoms with Gasteiger partial charge in [-0.2, -0.15) is 0 Å². The lowest BCUT2D eigenvalue weighted by Gasteiger charge is -2.21. The van der Waals surface area contributed by atoms with Gasteiger partial charge in [0.25, 0.3) is 0 Å². The van der Waals surface area contributed by atoms with Gasteiger partial charge in [-0.25, -0.2) is 8.42 Å². The summed E-state index contributed by atoms with van der Waals surface area (Å²) in [5.41, 5.74) is 2.25. The van der Waals surface area contributed by atoms with Crippen molar-refractivity contribution < 1.29 is 17.9 Å². The van der Waals surface area contributed by atoms with E-state index in [0.29, 0.717) is 29.4 Å². The number of sulfone groups is 1. The van der Waals surface area contributed by atoms with E-state index in [4.69, 9.17) is 4.74 Å². The zero-order valence-electron chi connectivity index (χ0n) is 17.6. The number of nitrogens with one attached hydrogen (secondary N) is 1. The molecule has 1 amide bonds. The summed E-state index contributed by atoms with van der Waals surface area (Å²) < 4.78 is 30.9. The Morgan fingerprint density at radius 2 is 1.83 bits per heavy atom. The van der Waals surface area contributed by atoms with Crippen molar-refractivity contribution in [3.8, 4) is 5.75 Å². The first kappa shape index (κ1) is 22.9. The third-order valence-corrected chi connectivity index (χ3v) is 6.47. The average Bonchev–Trinajstić information content (AvgIpc) is 2.68. The molecule has 0 aliphatic rings. The van der Waals surface area contributed by atoms with Crippen LogP contribution in [-0.4, -0.2) is 51.7 Å². The number of hydrogen-bond donors (Lipinski definition) is 1. The maximum Gasteiger partial charge on any atom is 0.238 e. The Balaban J connectivity index is 2.04. The highest BCUT2D eigenvalue weighted by Crippen LogP contribution is 2.23. The number of amides is 1. The first-order valence-corrected chi connectivity index (χ1v) is 11.4. The molecule has 0 fully saturated rings. The Hall–Kier alpha value is -2.38. The first-order chi connectivity index (χ1) is 13.8. The average molecular weight is 419 g/mol. The van der Waals surface area contributed by atoms with Crippen LogP contribution in [0.15, 0.2) is 47.4 Å². The standard InChI is InChI=1S/C22H30N2O4S/c1-5-12-24(16-22(25)23-19-8-6-7-9-20(19)28-4)13-14-29(26,27)21-15-17(2)10-11-18(21)3/h6-11,15H,5,12-14,16H2,1-4H3,(H,23,25). The van der Waals surface area contributed by atoms with E-state index in [1.165, 1.54) is 0 Å². The molecule has 2 rings (SSSR count). The second-order valence-electron chi connectivity index (χ2n) is 7.11. The fourth-order valence-electron chi connectivity index (χ4n) is 3.13. The SMILES string of the molecule is CCCN(CCS(=O)(=O)c1cc(C)ccc1C)CC(=O)Nc1ccccc1OC. The zero-order chi connectivity index (χ0) is 21.4. The molecule has 1 N–H and O–H groups in total. The van der Waals surface area contributed by atoms with Crippen molar-refractivity contribution in [3.05, 3.63) is 53.6 Å². The summed E-state index contributed by atoms with van der Waals surface area (Å²) in [5.74, 6) is 0.353. The fourth-order valence-corrected chi connectivity index (χ4v) is 4.77. The number of ether oxygens (including phenoxy) is 1. The van der Waals surface area contributed by atoms with Crippen LogP contribution >= 0.6 is 0 Å². The van der Waals surface area contributed by atoms with Gasteiger partial charge >= 0.3 is 0 Å². The van der Waals surface area contributed by atoms with Gasteiger partial charge in [0.1, 0.15) is 5.75 Å². The molecular weight excluding hydrogens is 388 g/mol. The van der Waals surface area contributed by atoms with Crippen LogP contribution in [0.1, 0.15) is 24.5 Å². The lowest BCUT2D eigenvalue weighted by atomic mass is 10.2. The molecule has 0 bridgehead atoms. The molecule has 7 heteroatoms. The van der Waals surface area contributed by atoms with E-state index in [1.807, 2.05) is 43.0 Å². The van der Waals surface area contributed by atoms with Crippen molar-refractivity contribution in [1.29, 1.82) is 0 Å². The van der Waals surface area contributed by atoms with Crippen LogP contribution in [-0.2, 0) is 14.6 Å². The summed E-state index contributed by atoms with van der Waals surface area (Å²) in [6.07, 6.45) is 0.825. The van der Waals surface area contributed by atoms with E-state index in [0.717, 1.165) is 17.5 Å². The third kappa shape index (κ3) is 6.58. The molecule has 6 nitrogen and oxygen atoms in total. The molecule has 2 aromatic carbocycles. The number of methoxy groups -OCH3 is 1. The molecule has 0 heterocycles. The summed E-state index contributed by atoms with van der Waals surface area (Å²) in [6.45, 7) is 6.74. The van der Waals surface area contributed by atoms with Crippen LogP contribution in [0.3, 0.4) is 0 Å². The summed E-state index contributed by atoms with van der Waals surface area (Å²) >= 11 is 0. The van der Waals surface area contributed by atoms with Gasteiger partial charge in [0.05, 0.1) is 30.0 Å². The summed E-state index contributed by atoms with van der Waals surface area (Å²) in [7, 11) is -1.88. The third-order valence-electron chi connectivity index (χ3n) is 4.64.